The maximum Gasteiger partial charge on any atom is 0.251 e. The zero-order chi connectivity index (χ0) is 14.9. The summed E-state index contributed by atoms with van der Waals surface area (Å²) in [7, 11) is 0. The highest BCUT2D eigenvalue weighted by Gasteiger charge is 2.36. The summed E-state index contributed by atoms with van der Waals surface area (Å²) in [6.07, 6.45) is 1.51. The van der Waals surface area contributed by atoms with Gasteiger partial charge in [-0.05, 0) is 42.5 Å². The first kappa shape index (κ1) is 13.8. The zero-order valence-corrected chi connectivity index (χ0v) is 12.1. The number of carbonyl (C=O) groups is 1. The van der Waals surface area contributed by atoms with Crippen LogP contribution in [0.1, 0.15) is 33.5 Å². The van der Waals surface area contributed by atoms with Crippen LogP contribution in [-0.4, -0.2) is 17.6 Å². The molecule has 1 atom stereocenters. The number of benzene rings is 2. The third-order valence-corrected chi connectivity index (χ3v) is 4.26. The van der Waals surface area contributed by atoms with Crippen molar-refractivity contribution >= 4 is 5.91 Å². The number of hydrogen-bond acceptors (Lipinski definition) is 2. The standard InChI is InChI=1S/C18H19NO2/c1-13-6-2-4-8-15(13)17(20)19-12-18(21)11-10-14-7-3-5-9-16(14)18/h2-9,21H,10-12H2,1H3,(H,19,20)/t18-/m1/s1. The Bertz CT molecular complexity index is 680. The van der Waals surface area contributed by atoms with Gasteiger partial charge in [0.2, 0.25) is 0 Å². The van der Waals surface area contributed by atoms with Crippen molar-refractivity contribution in [1.29, 1.82) is 0 Å². The van der Waals surface area contributed by atoms with E-state index >= 15 is 0 Å². The number of hydrogen-bond donors (Lipinski definition) is 2. The second-order valence-corrected chi connectivity index (χ2v) is 5.69. The van der Waals surface area contributed by atoms with E-state index in [0.717, 1.165) is 17.5 Å². The molecule has 1 aliphatic rings. The molecule has 0 fully saturated rings. The molecule has 1 amide bonds. The van der Waals surface area contributed by atoms with Crippen molar-refractivity contribution in [2.24, 2.45) is 0 Å². The summed E-state index contributed by atoms with van der Waals surface area (Å²) in [6.45, 7) is 2.16. The largest absolute Gasteiger partial charge is 0.383 e. The molecule has 0 heterocycles. The van der Waals surface area contributed by atoms with Crippen LogP contribution < -0.4 is 5.32 Å². The molecule has 0 radical (unpaired) electrons. The molecule has 108 valence electrons. The predicted molar refractivity (Wildman–Crippen MR) is 82.2 cm³/mol. The fraction of sp³-hybridized carbons (Fsp3) is 0.278. The van der Waals surface area contributed by atoms with Gasteiger partial charge in [-0.15, -0.1) is 0 Å². The zero-order valence-electron chi connectivity index (χ0n) is 12.1. The lowest BCUT2D eigenvalue weighted by Crippen LogP contribution is -2.39. The van der Waals surface area contributed by atoms with Crippen LogP contribution in [0.3, 0.4) is 0 Å². The van der Waals surface area contributed by atoms with E-state index in [-0.39, 0.29) is 12.5 Å². The van der Waals surface area contributed by atoms with Crippen LogP contribution in [0.15, 0.2) is 48.5 Å². The van der Waals surface area contributed by atoms with E-state index in [1.54, 1.807) is 6.07 Å². The van der Waals surface area contributed by atoms with E-state index in [2.05, 4.69) is 5.32 Å². The van der Waals surface area contributed by atoms with E-state index in [0.29, 0.717) is 12.0 Å². The number of rotatable bonds is 3. The maximum atomic E-state index is 12.3. The highest BCUT2D eigenvalue weighted by molar-refractivity contribution is 5.95. The summed E-state index contributed by atoms with van der Waals surface area (Å²) in [5.74, 6) is -0.133. The molecule has 0 saturated carbocycles. The van der Waals surface area contributed by atoms with Crippen molar-refractivity contribution in [2.75, 3.05) is 6.54 Å². The van der Waals surface area contributed by atoms with E-state index in [1.807, 2.05) is 49.4 Å². The molecular formula is C18H19NO2. The average molecular weight is 281 g/mol. The molecule has 0 aromatic heterocycles. The first-order valence-corrected chi connectivity index (χ1v) is 7.25. The Balaban J connectivity index is 1.74. The molecule has 1 aliphatic carbocycles. The number of nitrogens with one attached hydrogen (secondary N) is 1. The fourth-order valence-corrected chi connectivity index (χ4v) is 3.00. The van der Waals surface area contributed by atoms with Crippen molar-refractivity contribution < 1.29 is 9.90 Å². The number of aliphatic hydroxyl groups is 1. The molecule has 0 bridgehead atoms. The lowest BCUT2D eigenvalue weighted by atomic mass is 9.96. The lowest BCUT2D eigenvalue weighted by Gasteiger charge is -2.24. The van der Waals surface area contributed by atoms with Gasteiger partial charge < -0.3 is 10.4 Å². The van der Waals surface area contributed by atoms with Crippen LogP contribution in [-0.2, 0) is 12.0 Å². The highest BCUT2D eigenvalue weighted by Crippen LogP contribution is 2.36. The van der Waals surface area contributed by atoms with Gasteiger partial charge in [-0.3, -0.25) is 4.79 Å². The fourth-order valence-electron chi connectivity index (χ4n) is 3.00. The second kappa shape index (κ2) is 5.34. The van der Waals surface area contributed by atoms with Crippen molar-refractivity contribution in [2.45, 2.75) is 25.4 Å². The average Bonchev–Trinajstić information content (AvgIpc) is 2.84. The Hall–Kier alpha value is -2.13. The quantitative estimate of drug-likeness (QED) is 0.908. The van der Waals surface area contributed by atoms with Gasteiger partial charge in [0, 0.05) is 5.56 Å². The smallest absolute Gasteiger partial charge is 0.251 e. The van der Waals surface area contributed by atoms with Gasteiger partial charge in [0.05, 0.1) is 6.54 Å². The van der Waals surface area contributed by atoms with E-state index < -0.39 is 5.60 Å². The Labute approximate surface area is 124 Å². The summed E-state index contributed by atoms with van der Waals surface area (Å²) >= 11 is 0. The molecule has 3 heteroatoms. The molecule has 0 spiro atoms. The van der Waals surface area contributed by atoms with Crippen LogP contribution in [0.2, 0.25) is 0 Å². The maximum absolute atomic E-state index is 12.3. The molecule has 2 N–H and O–H groups in total. The summed E-state index contributed by atoms with van der Waals surface area (Å²) in [5, 5.41) is 13.7. The topological polar surface area (TPSA) is 49.3 Å². The second-order valence-electron chi connectivity index (χ2n) is 5.69. The molecular weight excluding hydrogens is 262 g/mol. The summed E-state index contributed by atoms with van der Waals surface area (Å²) < 4.78 is 0. The van der Waals surface area contributed by atoms with Gasteiger partial charge in [0.15, 0.2) is 0 Å². The number of amides is 1. The van der Waals surface area contributed by atoms with Gasteiger partial charge in [0.25, 0.3) is 5.91 Å². The molecule has 0 saturated heterocycles. The van der Waals surface area contributed by atoms with Crippen molar-refractivity contribution in [3.8, 4) is 0 Å². The van der Waals surface area contributed by atoms with Crippen molar-refractivity contribution in [1.82, 2.24) is 5.32 Å². The van der Waals surface area contributed by atoms with Crippen LogP contribution >= 0.6 is 0 Å². The predicted octanol–water partition coefficient (Wildman–Crippen LogP) is 2.56. The minimum atomic E-state index is -0.949. The lowest BCUT2D eigenvalue weighted by molar-refractivity contribution is 0.0369. The first-order chi connectivity index (χ1) is 10.1. The van der Waals surface area contributed by atoms with Gasteiger partial charge >= 0.3 is 0 Å². The first-order valence-electron chi connectivity index (χ1n) is 7.25. The number of carbonyl (C=O) groups excluding carboxylic acids is 1. The van der Waals surface area contributed by atoms with Crippen LogP contribution in [0.25, 0.3) is 0 Å². The Morgan fingerprint density at radius 3 is 2.71 bits per heavy atom. The van der Waals surface area contributed by atoms with Crippen LogP contribution in [0, 0.1) is 6.92 Å². The van der Waals surface area contributed by atoms with Gasteiger partial charge in [-0.2, -0.15) is 0 Å². The van der Waals surface area contributed by atoms with Gasteiger partial charge in [-0.25, -0.2) is 0 Å². The Morgan fingerprint density at radius 2 is 1.90 bits per heavy atom. The minimum absolute atomic E-state index is 0.133. The Morgan fingerprint density at radius 1 is 1.19 bits per heavy atom. The Kier molecular flexibility index (Phi) is 3.52. The van der Waals surface area contributed by atoms with Gasteiger partial charge in [0.1, 0.15) is 5.60 Å². The molecule has 3 rings (SSSR count). The molecule has 21 heavy (non-hydrogen) atoms. The molecule has 2 aromatic carbocycles. The molecule has 0 unspecified atom stereocenters. The minimum Gasteiger partial charge on any atom is -0.383 e. The highest BCUT2D eigenvalue weighted by atomic mass is 16.3. The normalized spacial score (nSPS) is 20.1. The third kappa shape index (κ3) is 2.57. The summed E-state index contributed by atoms with van der Waals surface area (Å²) in [5.41, 5.74) is 2.76. The SMILES string of the molecule is Cc1ccccc1C(=O)NC[C@]1(O)CCc2ccccc21. The summed E-state index contributed by atoms with van der Waals surface area (Å²) in [4.78, 5) is 12.3. The van der Waals surface area contributed by atoms with Crippen molar-refractivity contribution in [3.63, 3.8) is 0 Å². The molecule has 3 nitrogen and oxygen atoms in total. The van der Waals surface area contributed by atoms with Crippen molar-refractivity contribution in [3.05, 3.63) is 70.8 Å². The van der Waals surface area contributed by atoms with E-state index in [1.165, 1.54) is 5.56 Å². The van der Waals surface area contributed by atoms with E-state index in [9.17, 15) is 9.90 Å². The monoisotopic (exact) mass is 281 g/mol. The third-order valence-electron chi connectivity index (χ3n) is 4.26. The molecule has 2 aromatic rings. The van der Waals surface area contributed by atoms with Crippen LogP contribution in [0.5, 0.6) is 0 Å². The number of aryl methyl sites for hydroxylation is 2. The van der Waals surface area contributed by atoms with Crippen LogP contribution in [0.4, 0.5) is 0 Å². The molecule has 0 aliphatic heterocycles. The van der Waals surface area contributed by atoms with Gasteiger partial charge in [-0.1, -0.05) is 42.5 Å². The summed E-state index contributed by atoms with van der Waals surface area (Å²) in [6, 6.07) is 15.4. The van der Waals surface area contributed by atoms with E-state index in [4.69, 9.17) is 0 Å². The number of fused-ring (bicyclic) bond motifs is 1.